The molecular formula is C9H11NO. The molecule has 0 aromatic rings. The number of isocyanates is 1. The maximum atomic E-state index is 9.90. The minimum atomic E-state index is 0.750. The third-order valence-electron chi connectivity index (χ3n) is 1.64. The van der Waals surface area contributed by atoms with Crippen LogP contribution in [-0.4, -0.2) is 6.08 Å². The van der Waals surface area contributed by atoms with Gasteiger partial charge in [-0.25, -0.2) is 4.79 Å². The van der Waals surface area contributed by atoms with Crippen molar-refractivity contribution in [3.8, 4) is 0 Å². The minimum Gasteiger partial charge on any atom is -0.211 e. The van der Waals surface area contributed by atoms with Crippen LogP contribution in [-0.2, 0) is 4.79 Å². The largest absolute Gasteiger partial charge is 0.240 e. The van der Waals surface area contributed by atoms with E-state index in [2.05, 4.69) is 4.99 Å². The smallest absolute Gasteiger partial charge is 0.211 e. The monoisotopic (exact) mass is 149 g/mol. The van der Waals surface area contributed by atoms with Crippen LogP contribution >= 0.6 is 0 Å². The Balaban J connectivity index is 2.65. The van der Waals surface area contributed by atoms with Gasteiger partial charge in [0.2, 0.25) is 6.08 Å². The summed E-state index contributed by atoms with van der Waals surface area (Å²) in [6.07, 6.45) is 12.0. The Hall–Kier alpha value is -1.14. The number of aliphatic imine (C=N–C) groups is 1. The van der Waals surface area contributed by atoms with Gasteiger partial charge < -0.3 is 0 Å². The van der Waals surface area contributed by atoms with E-state index in [-0.39, 0.29) is 0 Å². The third-order valence-corrected chi connectivity index (χ3v) is 1.64. The summed E-state index contributed by atoms with van der Waals surface area (Å²) in [5.41, 5.74) is 0.750. The van der Waals surface area contributed by atoms with E-state index in [0.29, 0.717) is 0 Å². The lowest BCUT2D eigenvalue weighted by atomic mass is 10.1. The molecule has 0 aromatic carbocycles. The highest BCUT2D eigenvalue weighted by Crippen LogP contribution is 2.10. The SMILES string of the molecule is O=C=NC1=CCCCCC=C1. The Labute approximate surface area is 66.3 Å². The Bertz CT molecular complexity index is 222. The van der Waals surface area contributed by atoms with E-state index >= 15 is 0 Å². The van der Waals surface area contributed by atoms with Gasteiger partial charge in [-0.3, -0.25) is 0 Å². The van der Waals surface area contributed by atoms with E-state index in [9.17, 15) is 4.79 Å². The van der Waals surface area contributed by atoms with Gasteiger partial charge in [-0.1, -0.05) is 12.2 Å². The molecule has 0 fully saturated rings. The molecule has 0 heterocycles. The van der Waals surface area contributed by atoms with E-state index in [1.807, 2.05) is 18.2 Å². The maximum absolute atomic E-state index is 9.90. The molecule has 58 valence electrons. The normalized spacial score (nSPS) is 17.6. The molecule has 0 aliphatic heterocycles. The predicted octanol–water partition coefficient (Wildman–Crippen LogP) is 2.34. The highest BCUT2D eigenvalue weighted by atomic mass is 16.1. The van der Waals surface area contributed by atoms with Gasteiger partial charge in [0.05, 0.1) is 5.70 Å². The molecule has 1 rings (SSSR count). The van der Waals surface area contributed by atoms with E-state index in [1.54, 1.807) is 6.08 Å². The fourth-order valence-electron chi connectivity index (χ4n) is 1.06. The Morgan fingerprint density at radius 1 is 1.36 bits per heavy atom. The molecule has 0 bridgehead atoms. The molecule has 2 nitrogen and oxygen atoms in total. The molecule has 0 amide bonds. The number of carbonyl (C=O) groups excluding carboxylic acids is 1. The lowest BCUT2D eigenvalue weighted by Gasteiger charge is -1.98. The van der Waals surface area contributed by atoms with Crippen LogP contribution < -0.4 is 0 Å². The molecule has 0 unspecified atom stereocenters. The quantitative estimate of drug-likeness (QED) is 0.415. The van der Waals surface area contributed by atoms with Crippen LogP contribution in [0.3, 0.4) is 0 Å². The number of hydrogen-bond donors (Lipinski definition) is 0. The average molecular weight is 149 g/mol. The molecule has 1 aliphatic rings. The average Bonchev–Trinajstić information content (AvgIpc) is 1.94. The van der Waals surface area contributed by atoms with Crippen molar-refractivity contribution in [1.82, 2.24) is 0 Å². The van der Waals surface area contributed by atoms with Gasteiger partial charge >= 0.3 is 0 Å². The molecule has 11 heavy (non-hydrogen) atoms. The van der Waals surface area contributed by atoms with Crippen molar-refractivity contribution in [2.45, 2.75) is 25.7 Å². The molecular weight excluding hydrogens is 138 g/mol. The third kappa shape index (κ3) is 2.96. The number of hydrogen-bond acceptors (Lipinski definition) is 2. The van der Waals surface area contributed by atoms with Crippen molar-refractivity contribution in [3.05, 3.63) is 23.9 Å². The van der Waals surface area contributed by atoms with Gasteiger partial charge in [-0.05, 0) is 31.8 Å². The van der Waals surface area contributed by atoms with Crippen molar-refractivity contribution in [2.75, 3.05) is 0 Å². The molecule has 0 spiro atoms. The second kappa shape index (κ2) is 4.64. The number of rotatable bonds is 1. The van der Waals surface area contributed by atoms with E-state index in [1.165, 1.54) is 12.8 Å². The first kappa shape index (κ1) is 7.96. The Kier molecular flexibility index (Phi) is 3.36. The zero-order valence-electron chi connectivity index (χ0n) is 6.42. The highest BCUT2D eigenvalue weighted by molar-refractivity contribution is 5.39. The lowest BCUT2D eigenvalue weighted by Crippen LogP contribution is -1.80. The van der Waals surface area contributed by atoms with Gasteiger partial charge in [0, 0.05) is 0 Å². The van der Waals surface area contributed by atoms with Crippen LogP contribution in [0.15, 0.2) is 28.9 Å². The maximum Gasteiger partial charge on any atom is 0.240 e. The summed E-state index contributed by atoms with van der Waals surface area (Å²) in [5, 5.41) is 0. The molecule has 0 radical (unpaired) electrons. The van der Waals surface area contributed by atoms with E-state index in [4.69, 9.17) is 0 Å². The van der Waals surface area contributed by atoms with Crippen molar-refractivity contribution in [1.29, 1.82) is 0 Å². The summed E-state index contributed by atoms with van der Waals surface area (Å²) in [6, 6.07) is 0. The minimum absolute atomic E-state index is 0.750. The van der Waals surface area contributed by atoms with Crippen LogP contribution in [0.1, 0.15) is 25.7 Å². The molecule has 0 saturated carbocycles. The van der Waals surface area contributed by atoms with Crippen LogP contribution in [0.2, 0.25) is 0 Å². The van der Waals surface area contributed by atoms with Crippen molar-refractivity contribution in [2.24, 2.45) is 4.99 Å². The second-order valence-corrected chi connectivity index (χ2v) is 2.52. The highest BCUT2D eigenvalue weighted by Gasteiger charge is 1.92. The van der Waals surface area contributed by atoms with Crippen LogP contribution in [0, 0.1) is 0 Å². The fourth-order valence-corrected chi connectivity index (χ4v) is 1.06. The van der Waals surface area contributed by atoms with Crippen LogP contribution in [0.25, 0.3) is 0 Å². The van der Waals surface area contributed by atoms with Crippen LogP contribution in [0.5, 0.6) is 0 Å². The molecule has 0 atom stereocenters. The summed E-state index contributed by atoms with van der Waals surface area (Å²) in [5.74, 6) is 0. The van der Waals surface area contributed by atoms with Gasteiger partial charge in [0.1, 0.15) is 0 Å². The van der Waals surface area contributed by atoms with Gasteiger partial charge in [-0.2, -0.15) is 4.99 Å². The van der Waals surface area contributed by atoms with Gasteiger partial charge in [0.25, 0.3) is 0 Å². The molecule has 0 aromatic heterocycles. The Morgan fingerprint density at radius 3 is 3.00 bits per heavy atom. The van der Waals surface area contributed by atoms with Crippen molar-refractivity contribution >= 4 is 6.08 Å². The zero-order valence-corrected chi connectivity index (χ0v) is 6.42. The van der Waals surface area contributed by atoms with Crippen molar-refractivity contribution in [3.63, 3.8) is 0 Å². The van der Waals surface area contributed by atoms with Gasteiger partial charge in [-0.15, -0.1) is 0 Å². The summed E-state index contributed by atoms with van der Waals surface area (Å²) < 4.78 is 0. The molecule has 1 aliphatic carbocycles. The number of allylic oxidation sites excluding steroid dienone is 3. The second-order valence-electron chi connectivity index (χ2n) is 2.52. The van der Waals surface area contributed by atoms with Crippen LogP contribution in [0.4, 0.5) is 0 Å². The van der Waals surface area contributed by atoms with Gasteiger partial charge in [0.15, 0.2) is 0 Å². The fraction of sp³-hybridized carbons (Fsp3) is 0.444. The Morgan fingerprint density at radius 2 is 2.18 bits per heavy atom. The van der Waals surface area contributed by atoms with E-state index < -0.39 is 0 Å². The van der Waals surface area contributed by atoms with E-state index in [0.717, 1.165) is 18.5 Å². The lowest BCUT2D eigenvalue weighted by molar-refractivity contribution is 0.564. The standard InChI is InChI=1S/C9H11NO/c11-8-10-9-6-4-2-1-3-5-7-9/h4,6-7H,1-3,5H2. The molecule has 0 N–H and O–H groups in total. The summed E-state index contributed by atoms with van der Waals surface area (Å²) >= 11 is 0. The summed E-state index contributed by atoms with van der Waals surface area (Å²) in [6.45, 7) is 0. The summed E-state index contributed by atoms with van der Waals surface area (Å²) in [4.78, 5) is 13.5. The first-order chi connectivity index (χ1) is 5.43. The topological polar surface area (TPSA) is 29.4 Å². The molecule has 2 heteroatoms. The molecule has 0 saturated heterocycles. The zero-order chi connectivity index (χ0) is 7.94. The van der Waals surface area contributed by atoms with Crippen molar-refractivity contribution < 1.29 is 4.79 Å². The first-order valence-corrected chi connectivity index (χ1v) is 3.88. The first-order valence-electron chi connectivity index (χ1n) is 3.88. The number of nitrogens with zero attached hydrogens (tertiary/aromatic N) is 1. The predicted molar refractivity (Wildman–Crippen MR) is 43.8 cm³/mol. The summed E-state index contributed by atoms with van der Waals surface area (Å²) in [7, 11) is 0.